The van der Waals surface area contributed by atoms with Crippen LogP contribution in [0.4, 0.5) is 22.2 Å². The number of nitrogens with one attached hydrogen (secondary N) is 1. The van der Waals surface area contributed by atoms with Gasteiger partial charge < -0.3 is 19.9 Å². The third-order valence-electron chi connectivity index (χ3n) is 4.24. The van der Waals surface area contributed by atoms with Gasteiger partial charge in [-0.2, -0.15) is 10.2 Å². The van der Waals surface area contributed by atoms with Crippen molar-refractivity contribution in [3.05, 3.63) is 41.6 Å². The Morgan fingerprint density at radius 1 is 1.26 bits per heavy atom. The molecule has 1 aliphatic heterocycles. The number of para-hydroxylation sites is 1. The van der Waals surface area contributed by atoms with Crippen LogP contribution in [0.25, 0.3) is 0 Å². The van der Waals surface area contributed by atoms with Gasteiger partial charge in [0.1, 0.15) is 11.9 Å². The van der Waals surface area contributed by atoms with Crippen LogP contribution in [0.1, 0.15) is 18.2 Å². The minimum absolute atomic E-state index is 0.280. The SMILES string of the molecule is CCOC(=O)N1CCN(c2nc(C)cc(Nc3ccccc3C#N)n2)CC1. The number of anilines is 3. The summed E-state index contributed by atoms with van der Waals surface area (Å²) in [5.41, 5.74) is 2.08. The molecule has 0 bridgehead atoms. The molecule has 0 saturated carbocycles. The van der Waals surface area contributed by atoms with Gasteiger partial charge in [0.05, 0.1) is 17.9 Å². The first-order valence-corrected chi connectivity index (χ1v) is 8.89. The summed E-state index contributed by atoms with van der Waals surface area (Å²) < 4.78 is 5.05. The summed E-state index contributed by atoms with van der Waals surface area (Å²) in [6.07, 6.45) is -0.280. The number of carbonyl (C=O) groups is 1. The van der Waals surface area contributed by atoms with Crippen LogP contribution in [0, 0.1) is 18.3 Å². The van der Waals surface area contributed by atoms with Crippen LogP contribution in [0.2, 0.25) is 0 Å². The van der Waals surface area contributed by atoms with Crippen molar-refractivity contribution < 1.29 is 9.53 Å². The van der Waals surface area contributed by atoms with Crippen molar-refractivity contribution in [2.24, 2.45) is 0 Å². The zero-order valence-electron chi connectivity index (χ0n) is 15.5. The molecule has 1 N–H and O–H groups in total. The number of ether oxygens (including phenoxy) is 1. The minimum Gasteiger partial charge on any atom is -0.450 e. The van der Waals surface area contributed by atoms with Gasteiger partial charge >= 0.3 is 6.09 Å². The maximum atomic E-state index is 11.8. The average Bonchev–Trinajstić information content (AvgIpc) is 2.68. The molecule has 1 amide bonds. The van der Waals surface area contributed by atoms with E-state index in [1.165, 1.54) is 0 Å². The second-order valence-corrected chi connectivity index (χ2v) is 6.15. The zero-order chi connectivity index (χ0) is 19.2. The van der Waals surface area contributed by atoms with Crippen LogP contribution in [0.5, 0.6) is 0 Å². The Kier molecular flexibility index (Phi) is 5.71. The van der Waals surface area contributed by atoms with E-state index in [4.69, 9.17) is 4.74 Å². The number of hydrogen-bond donors (Lipinski definition) is 1. The summed E-state index contributed by atoms with van der Waals surface area (Å²) >= 11 is 0. The minimum atomic E-state index is -0.280. The molecular formula is C19H22N6O2. The molecule has 2 aromatic rings. The van der Waals surface area contributed by atoms with E-state index < -0.39 is 0 Å². The molecule has 0 aliphatic carbocycles. The van der Waals surface area contributed by atoms with Gasteiger partial charge in [0.2, 0.25) is 5.95 Å². The number of aromatic nitrogens is 2. The maximum Gasteiger partial charge on any atom is 0.409 e. The highest BCUT2D eigenvalue weighted by Crippen LogP contribution is 2.22. The van der Waals surface area contributed by atoms with Crippen LogP contribution >= 0.6 is 0 Å². The van der Waals surface area contributed by atoms with Crippen LogP contribution in [-0.4, -0.2) is 53.7 Å². The van der Waals surface area contributed by atoms with Gasteiger partial charge in [-0.25, -0.2) is 9.78 Å². The van der Waals surface area contributed by atoms with E-state index in [9.17, 15) is 10.1 Å². The molecule has 27 heavy (non-hydrogen) atoms. The topological polar surface area (TPSA) is 94.4 Å². The Morgan fingerprint density at radius 3 is 2.70 bits per heavy atom. The highest BCUT2D eigenvalue weighted by atomic mass is 16.6. The lowest BCUT2D eigenvalue weighted by molar-refractivity contribution is 0.105. The average molecular weight is 366 g/mol. The van der Waals surface area contributed by atoms with Crippen molar-refractivity contribution in [3.63, 3.8) is 0 Å². The third-order valence-corrected chi connectivity index (χ3v) is 4.24. The van der Waals surface area contributed by atoms with Gasteiger partial charge in [-0.1, -0.05) is 12.1 Å². The molecule has 3 rings (SSSR count). The largest absolute Gasteiger partial charge is 0.450 e. The lowest BCUT2D eigenvalue weighted by Crippen LogP contribution is -2.49. The van der Waals surface area contributed by atoms with Crippen LogP contribution in [0.15, 0.2) is 30.3 Å². The molecule has 1 aliphatic rings. The highest BCUT2D eigenvalue weighted by Gasteiger charge is 2.23. The first-order valence-electron chi connectivity index (χ1n) is 8.89. The number of hydrogen-bond acceptors (Lipinski definition) is 7. The fraction of sp³-hybridized carbons (Fsp3) is 0.368. The van der Waals surface area contributed by atoms with E-state index in [0.29, 0.717) is 55.8 Å². The lowest BCUT2D eigenvalue weighted by atomic mass is 10.2. The van der Waals surface area contributed by atoms with Crippen molar-refractivity contribution in [3.8, 4) is 6.07 Å². The first kappa shape index (κ1) is 18.5. The summed E-state index contributed by atoms with van der Waals surface area (Å²) in [4.78, 5) is 24.7. The molecule has 0 unspecified atom stereocenters. The predicted octanol–water partition coefficient (Wildman–Crippen LogP) is 2.68. The second-order valence-electron chi connectivity index (χ2n) is 6.15. The van der Waals surface area contributed by atoms with Gasteiger partial charge in [-0.15, -0.1) is 0 Å². The summed E-state index contributed by atoms with van der Waals surface area (Å²) in [5, 5.41) is 12.4. The first-order chi connectivity index (χ1) is 13.1. The molecule has 0 radical (unpaired) electrons. The van der Waals surface area contributed by atoms with E-state index in [1.807, 2.05) is 36.1 Å². The van der Waals surface area contributed by atoms with Crippen molar-refractivity contribution >= 4 is 23.5 Å². The molecule has 140 valence electrons. The quantitative estimate of drug-likeness (QED) is 0.889. The third kappa shape index (κ3) is 4.44. The summed E-state index contributed by atoms with van der Waals surface area (Å²) in [6, 6.07) is 11.3. The van der Waals surface area contributed by atoms with Crippen LogP contribution in [0.3, 0.4) is 0 Å². The summed E-state index contributed by atoms with van der Waals surface area (Å²) in [7, 11) is 0. The van der Waals surface area contributed by atoms with Gasteiger partial charge in [-0.05, 0) is 26.0 Å². The van der Waals surface area contributed by atoms with E-state index in [1.54, 1.807) is 17.9 Å². The Hall–Kier alpha value is -3.34. The molecule has 8 nitrogen and oxygen atoms in total. The Bertz CT molecular complexity index is 856. The molecule has 1 aromatic carbocycles. The smallest absolute Gasteiger partial charge is 0.409 e. The predicted molar refractivity (Wildman–Crippen MR) is 102 cm³/mol. The summed E-state index contributed by atoms with van der Waals surface area (Å²) in [6.45, 7) is 6.48. The monoisotopic (exact) mass is 366 g/mol. The van der Waals surface area contributed by atoms with E-state index in [0.717, 1.165) is 5.69 Å². The number of amides is 1. The molecular weight excluding hydrogens is 344 g/mol. The molecule has 1 fully saturated rings. The standard InChI is InChI=1S/C19H22N6O2/c1-3-27-19(26)25-10-8-24(9-11-25)18-21-14(2)12-17(23-18)22-16-7-5-4-6-15(16)13-20/h4-7,12H,3,8-11H2,1-2H3,(H,21,22,23). The summed E-state index contributed by atoms with van der Waals surface area (Å²) in [5.74, 6) is 1.24. The normalized spacial score (nSPS) is 13.8. The van der Waals surface area contributed by atoms with E-state index in [-0.39, 0.29) is 6.09 Å². The molecule has 1 saturated heterocycles. The number of piperazine rings is 1. The second kappa shape index (κ2) is 8.36. The number of aryl methyl sites for hydroxylation is 1. The fourth-order valence-electron chi connectivity index (χ4n) is 2.89. The number of rotatable bonds is 4. The zero-order valence-corrected chi connectivity index (χ0v) is 15.5. The lowest BCUT2D eigenvalue weighted by Gasteiger charge is -2.34. The van der Waals surface area contributed by atoms with E-state index in [2.05, 4.69) is 21.4 Å². The Balaban J connectivity index is 1.73. The van der Waals surface area contributed by atoms with Crippen LogP contribution < -0.4 is 10.2 Å². The van der Waals surface area contributed by atoms with Gasteiger partial charge in [0.15, 0.2) is 0 Å². The molecule has 1 aromatic heterocycles. The van der Waals surface area contributed by atoms with Crippen molar-refractivity contribution in [1.29, 1.82) is 5.26 Å². The molecule has 2 heterocycles. The maximum absolute atomic E-state index is 11.8. The highest BCUT2D eigenvalue weighted by molar-refractivity contribution is 5.68. The van der Waals surface area contributed by atoms with Crippen LogP contribution in [-0.2, 0) is 4.74 Å². The van der Waals surface area contributed by atoms with Crippen molar-refractivity contribution in [2.75, 3.05) is 43.0 Å². The van der Waals surface area contributed by atoms with Gasteiger partial charge in [-0.3, -0.25) is 0 Å². The molecule has 0 spiro atoms. The number of carbonyl (C=O) groups excluding carboxylic acids is 1. The molecule has 8 heteroatoms. The Morgan fingerprint density at radius 2 is 2.00 bits per heavy atom. The number of benzene rings is 1. The Labute approximate surface area is 158 Å². The van der Waals surface area contributed by atoms with Crippen molar-refractivity contribution in [2.45, 2.75) is 13.8 Å². The molecule has 0 atom stereocenters. The van der Waals surface area contributed by atoms with Gasteiger partial charge in [0.25, 0.3) is 0 Å². The van der Waals surface area contributed by atoms with Crippen molar-refractivity contribution in [1.82, 2.24) is 14.9 Å². The number of nitrogens with zero attached hydrogens (tertiary/aromatic N) is 5. The fourth-order valence-corrected chi connectivity index (χ4v) is 2.89. The van der Waals surface area contributed by atoms with Gasteiger partial charge in [0, 0.05) is 37.9 Å². The number of nitriles is 1. The van der Waals surface area contributed by atoms with E-state index >= 15 is 0 Å².